The molecule has 2 aliphatic carbocycles. The summed E-state index contributed by atoms with van der Waals surface area (Å²) in [7, 11) is 0. The van der Waals surface area contributed by atoms with Crippen molar-refractivity contribution in [3.63, 3.8) is 0 Å². The van der Waals surface area contributed by atoms with Crippen LogP contribution in [0.4, 0.5) is 5.95 Å². The van der Waals surface area contributed by atoms with Gasteiger partial charge in [-0.1, -0.05) is 26.7 Å². The van der Waals surface area contributed by atoms with Crippen molar-refractivity contribution in [1.29, 1.82) is 0 Å². The maximum atomic E-state index is 4.46. The van der Waals surface area contributed by atoms with E-state index in [0.717, 1.165) is 5.95 Å². The van der Waals surface area contributed by atoms with Crippen molar-refractivity contribution in [2.45, 2.75) is 58.0 Å². The van der Waals surface area contributed by atoms with Crippen molar-refractivity contribution >= 4 is 5.95 Å². The highest BCUT2D eigenvalue weighted by atomic mass is 15.2. The van der Waals surface area contributed by atoms with Gasteiger partial charge < -0.3 is 9.88 Å². The molecule has 1 aromatic heterocycles. The number of hydrogen-bond donors (Lipinski definition) is 1. The summed E-state index contributed by atoms with van der Waals surface area (Å²) in [6.07, 6.45) is 10.7. The fraction of sp³-hybridized carbons (Fsp3) is 0.769. The molecule has 1 atom stereocenters. The van der Waals surface area contributed by atoms with E-state index >= 15 is 0 Å². The van der Waals surface area contributed by atoms with Gasteiger partial charge in [0.05, 0.1) is 0 Å². The van der Waals surface area contributed by atoms with Crippen LogP contribution in [0.15, 0.2) is 12.4 Å². The highest BCUT2D eigenvalue weighted by Crippen LogP contribution is 2.46. The van der Waals surface area contributed by atoms with Crippen molar-refractivity contribution < 1.29 is 0 Å². The van der Waals surface area contributed by atoms with Gasteiger partial charge in [-0.05, 0) is 24.7 Å². The van der Waals surface area contributed by atoms with Crippen LogP contribution in [0.3, 0.4) is 0 Å². The molecule has 1 heterocycles. The van der Waals surface area contributed by atoms with Gasteiger partial charge in [-0.2, -0.15) is 0 Å². The van der Waals surface area contributed by atoms with Crippen LogP contribution in [-0.2, 0) is 0 Å². The predicted octanol–water partition coefficient (Wildman–Crippen LogP) is 3.21. The molecule has 1 N–H and O–H groups in total. The Morgan fingerprint density at radius 1 is 1.38 bits per heavy atom. The van der Waals surface area contributed by atoms with E-state index in [1.807, 2.05) is 6.20 Å². The Balaban J connectivity index is 1.72. The first kappa shape index (κ1) is 10.2. The smallest absolute Gasteiger partial charge is 0.203 e. The number of rotatable bonds is 3. The SMILES string of the molecule is CC1(C)CC1Nc1nccn1C1CCCC1. The molecule has 0 aliphatic heterocycles. The predicted molar refractivity (Wildman–Crippen MR) is 65.5 cm³/mol. The van der Waals surface area contributed by atoms with E-state index in [2.05, 4.69) is 34.9 Å². The minimum Gasteiger partial charge on any atom is -0.352 e. The lowest BCUT2D eigenvalue weighted by Gasteiger charge is -2.16. The summed E-state index contributed by atoms with van der Waals surface area (Å²) in [5.74, 6) is 1.09. The molecule has 3 heteroatoms. The summed E-state index contributed by atoms with van der Waals surface area (Å²) in [5, 5.41) is 3.58. The fourth-order valence-corrected chi connectivity index (χ4v) is 2.77. The van der Waals surface area contributed by atoms with E-state index in [4.69, 9.17) is 0 Å². The highest BCUT2D eigenvalue weighted by Gasteiger charge is 2.46. The summed E-state index contributed by atoms with van der Waals surface area (Å²) < 4.78 is 2.35. The second-order valence-corrected chi connectivity index (χ2v) is 5.99. The van der Waals surface area contributed by atoms with E-state index in [9.17, 15) is 0 Å². The lowest BCUT2D eigenvalue weighted by molar-refractivity contribution is 0.520. The molecule has 2 saturated carbocycles. The first-order valence-corrected chi connectivity index (χ1v) is 6.46. The first-order chi connectivity index (χ1) is 7.67. The Labute approximate surface area is 97.3 Å². The van der Waals surface area contributed by atoms with E-state index in [1.54, 1.807) is 0 Å². The molecule has 2 aliphatic rings. The minimum absolute atomic E-state index is 0.465. The number of aromatic nitrogens is 2. The van der Waals surface area contributed by atoms with Crippen LogP contribution in [0.1, 0.15) is 52.0 Å². The van der Waals surface area contributed by atoms with Crippen molar-refractivity contribution in [1.82, 2.24) is 9.55 Å². The van der Waals surface area contributed by atoms with Crippen LogP contribution in [0, 0.1) is 5.41 Å². The van der Waals surface area contributed by atoms with Gasteiger partial charge in [0.15, 0.2) is 0 Å². The van der Waals surface area contributed by atoms with E-state index in [-0.39, 0.29) is 0 Å². The van der Waals surface area contributed by atoms with Crippen LogP contribution in [0.5, 0.6) is 0 Å². The Morgan fingerprint density at radius 2 is 2.06 bits per heavy atom. The third kappa shape index (κ3) is 1.72. The van der Waals surface area contributed by atoms with Crippen LogP contribution in [-0.4, -0.2) is 15.6 Å². The molecular weight excluding hydrogens is 198 g/mol. The average molecular weight is 219 g/mol. The first-order valence-electron chi connectivity index (χ1n) is 6.46. The van der Waals surface area contributed by atoms with Crippen molar-refractivity contribution in [3.8, 4) is 0 Å². The second-order valence-electron chi connectivity index (χ2n) is 5.99. The molecule has 16 heavy (non-hydrogen) atoms. The van der Waals surface area contributed by atoms with Gasteiger partial charge in [-0.25, -0.2) is 4.98 Å². The lowest BCUT2D eigenvalue weighted by Crippen LogP contribution is -2.15. The number of hydrogen-bond acceptors (Lipinski definition) is 2. The van der Waals surface area contributed by atoms with Crippen molar-refractivity contribution in [2.75, 3.05) is 5.32 Å². The zero-order chi connectivity index (χ0) is 11.2. The molecule has 2 fully saturated rings. The van der Waals surface area contributed by atoms with Crippen LogP contribution >= 0.6 is 0 Å². The molecule has 0 bridgehead atoms. The van der Waals surface area contributed by atoms with Gasteiger partial charge in [0.1, 0.15) is 0 Å². The molecule has 1 aromatic rings. The third-order valence-electron chi connectivity index (χ3n) is 4.20. The maximum Gasteiger partial charge on any atom is 0.203 e. The fourth-order valence-electron chi connectivity index (χ4n) is 2.77. The monoisotopic (exact) mass is 219 g/mol. The molecular formula is C13H21N3. The molecule has 0 radical (unpaired) electrons. The highest BCUT2D eigenvalue weighted by molar-refractivity contribution is 5.33. The standard InChI is InChI=1S/C13H21N3/c1-13(2)9-11(13)15-12-14-7-8-16(12)10-5-3-4-6-10/h7-8,10-11H,3-6,9H2,1-2H3,(H,14,15). The molecule has 0 spiro atoms. The molecule has 0 aromatic carbocycles. The Kier molecular flexibility index (Phi) is 2.23. The molecule has 3 nitrogen and oxygen atoms in total. The summed E-state index contributed by atoms with van der Waals surface area (Å²) in [5.41, 5.74) is 0.465. The van der Waals surface area contributed by atoms with Crippen LogP contribution in [0.25, 0.3) is 0 Å². The molecule has 0 amide bonds. The van der Waals surface area contributed by atoms with E-state index in [1.165, 1.54) is 32.1 Å². The number of imidazole rings is 1. The van der Waals surface area contributed by atoms with Gasteiger partial charge in [0.25, 0.3) is 0 Å². The third-order valence-corrected chi connectivity index (χ3v) is 4.20. The van der Waals surface area contributed by atoms with Gasteiger partial charge in [0.2, 0.25) is 5.95 Å². The largest absolute Gasteiger partial charge is 0.352 e. The lowest BCUT2D eigenvalue weighted by atomic mass is 10.2. The van der Waals surface area contributed by atoms with Crippen LogP contribution in [0.2, 0.25) is 0 Å². The number of anilines is 1. The Hall–Kier alpha value is -0.990. The van der Waals surface area contributed by atoms with Gasteiger partial charge in [0, 0.05) is 24.5 Å². The Bertz CT molecular complexity index is 374. The number of nitrogens with zero attached hydrogens (tertiary/aromatic N) is 2. The van der Waals surface area contributed by atoms with Crippen molar-refractivity contribution in [2.24, 2.45) is 5.41 Å². The molecule has 88 valence electrons. The maximum absolute atomic E-state index is 4.46. The average Bonchev–Trinajstić information content (AvgIpc) is 2.66. The van der Waals surface area contributed by atoms with Crippen LogP contribution < -0.4 is 5.32 Å². The van der Waals surface area contributed by atoms with Crippen molar-refractivity contribution in [3.05, 3.63) is 12.4 Å². The normalized spacial score (nSPS) is 28.2. The second kappa shape index (κ2) is 3.51. The zero-order valence-corrected chi connectivity index (χ0v) is 10.2. The molecule has 3 rings (SSSR count). The van der Waals surface area contributed by atoms with Gasteiger partial charge in [-0.15, -0.1) is 0 Å². The Morgan fingerprint density at radius 3 is 2.69 bits per heavy atom. The summed E-state index contributed by atoms with van der Waals surface area (Å²) in [6, 6.07) is 1.31. The summed E-state index contributed by atoms with van der Waals surface area (Å²) >= 11 is 0. The van der Waals surface area contributed by atoms with Gasteiger partial charge >= 0.3 is 0 Å². The summed E-state index contributed by atoms with van der Waals surface area (Å²) in [4.78, 5) is 4.46. The quantitative estimate of drug-likeness (QED) is 0.846. The van der Waals surface area contributed by atoms with Gasteiger partial charge in [-0.3, -0.25) is 0 Å². The van der Waals surface area contributed by atoms with E-state index < -0.39 is 0 Å². The topological polar surface area (TPSA) is 29.9 Å². The summed E-state index contributed by atoms with van der Waals surface area (Å²) in [6.45, 7) is 4.63. The number of nitrogens with one attached hydrogen (secondary N) is 1. The minimum atomic E-state index is 0.465. The molecule has 0 saturated heterocycles. The van der Waals surface area contributed by atoms with E-state index in [0.29, 0.717) is 17.5 Å². The zero-order valence-electron chi connectivity index (χ0n) is 10.2. The molecule has 1 unspecified atom stereocenters.